The van der Waals surface area contributed by atoms with Crippen LogP contribution in [0.2, 0.25) is 0 Å². The average molecular weight is 270 g/mol. The molecule has 0 spiro atoms. The van der Waals surface area contributed by atoms with Crippen molar-refractivity contribution in [3.63, 3.8) is 0 Å². The summed E-state index contributed by atoms with van der Waals surface area (Å²) in [6, 6.07) is 0. The average Bonchev–Trinajstić information content (AvgIpc) is 3.10. The number of nitrogens with one attached hydrogen (secondary N) is 1. The molecule has 2 heterocycles. The Morgan fingerprint density at radius 2 is 2.17 bits per heavy atom. The zero-order valence-electron chi connectivity index (χ0n) is 9.93. The molecular weight excluding hydrogens is 254 g/mol. The molecule has 0 atom stereocenters. The van der Waals surface area contributed by atoms with Crippen molar-refractivity contribution in [1.29, 1.82) is 0 Å². The Hall–Kier alpha value is -1.40. The first-order valence-electron chi connectivity index (χ1n) is 5.88. The van der Waals surface area contributed by atoms with Gasteiger partial charge in [0.2, 0.25) is 11.7 Å². The summed E-state index contributed by atoms with van der Waals surface area (Å²) >= 11 is 0. The van der Waals surface area contributed by atoms with E-state index in [1.165, 1.54) is 12.8 Å². The van der Waals surface area contributed by atoms with Crippen molar-refractivity contribution in [2.24, 2.45) is 5.73 Å². The minimum atomic E-state index is -0.113. The van der Waals surface area contributed by atoms with E-state index in [1.807, 2.05) is 0 Å². The zero-order chi connectivity index (χ0) is 11.7. The van der Waals surface area contributed by atoms with Gasteiger partial charge in [0, 0.05) is 18.9 Å². The van der Waals surface area contributed by atoms with E-state index >= 15 is 0 Å². The number of hydrogen-bond acceptors (Lipinski definition) is 5. The number of imidazole rings is 1. The lowest BCUT2D eigenvalue weighted by atomic mass is 9.86. The third-order valence-electron chi connectivity index (χ3n) is 3.54. The van der Waals surface area contributed by atoms with Gasteiger partial charge in [-0.05, 0) is 12.8 Å². The van der Waals surface area contributed by atoms with Crippen LogP contribution < -0.4 is 5.73 Å². The lowest BCUT2D eigenvalue weighted by molar-refractivity contribution is 0.284. The van der Waals surface area contributed by atoms with E-state index in [1.54, 1.807) is 12.4 Å². The number of nitrogens with two attached hydrogens (primary N) is 1. The first kappa shape index (κ1) is 13.0. The van der Waals surface area contributed by atoms with Crippen molar-refractivity contribution in [2.75, 3.05) is 6.54 Å². The van der Waals surface area contributed by atoms with Crippen molar-refractivity contribution < 1.29 is 4.52 Å². The standard InChI is InChI=1S/C11H15N5O.ClH/c12-7-11(3-1-2-4-11)10-15-9(16-17-10)8-13-5-6-14-8;/h5-6H,1-4,7,12H2,(H,13,14);1H. The van der Waals surface area contributed by atoms with Crippen LogP contribution in [-0.4, -0.2) is 26.7 Å². The van der Waals surface area contributed by atoms with Crippen molar-refractivity contribution in [1.82, 2.24) is 20.1 Å². The van der Waals surface area contributed by atoms with E-state index in [0.717, 1.165) is 12.8 Å². The van der Waals surface area contributed by atoms with Crippen LogP contribution in [-0.2, 0) is 5.41 Å². The van der Waals surface area contributed by atoms with Crippen LogP contribution in [0.3, 0.4) is 0 Å². The van der Waals surface area contributed by atoms with E-state index in [2.05, 4.69) is 20.1 Å². The van der Waals surface area contributed by atoms with Crippen LogP contribution in [0.25, 0.3) is 11.6 Å². The van der Waals surface area contributed by atoms with Crippen LogP contribution in [0.1, 0.15) is 31.6 Å². The van der Waals surface area contributed by atoms with Gasteiger partial charge in [0.15, 0.2) is 5.82 Å². The Kier molecular flexibility index (Phi) is 3.68. The van der Waals surface area contributed by atoms with E-state index in [4.69, 9.17) is 10.3 Å². The molecule has 0 unspecified atom stereocenters. The molecule has 0 amide bonds. The highest BCUT2D eigenvalue weighted by atomic mass is 35.5. The van der Waals surface area contributed by atoms with Gasteiger partial charge in [-0.25, -0.2) is 4.98 Å². The second-order valence-electron chi connectivity index (χ2n) is 4.55. The van der Waals surface area contributed by atoms with Crippen LogP contribution in [0.5, 0.6) is 0 Å². The third-order valence-corrected chi connectivity index (χ3v) is 3.54. The summed E-state index contributed by atoms with van der Waals surface area (Å²) in [7, 11) is 0. The van der Waals surface area contributed by atoms with Crippen LogP contribution in [0, 0.1) is 0 Å². The Morgan fingerprint density at radius 1 is 1.39 bits per heavy atom. The Labute approximate surface area is 111 Å². The van der Waals surface area contributed by atoms with Crippen molar-refractivity contribution in [3.8, 4) is 11.6 Å². The molecule has 2 aromatic heterocycles. The molecule has 3 N–H and O–H groups in total. The van der Waals surface area contributed by atoms with Gasteiger partial charge in [-0.15, -0.1) is 12.4 Å². The van der Waals surface area contributed by atoms with Gasteiger partial charge in [-0.1, -0.05) is 18.0 Å². The molecule has 18 heavy (non-hydrogen) atoms. The molecule has 0 aromatic carbocycles. The monoisotopic (exact) mass is 269 g/mol. The number of aromatic nitrogens is 4. The first-order chi connectivity index (χ1) is 8.34. The van der Waals surface area contributed by atoms with Gasteiger partial charge >= 0.3 is 0 Å². The normalized spacial score (nSPS) is 17.6. The fourth-order valence-electron chi connectivity index (χ4n) is 2.48. The largest absolute Gasteiger partial charge is 0.342 e. The highest BCUT2D eigenvalue weighted by Crippen LogP contribution is 2.39. The molecule has 1 aliphatic rings. The molecule has 98 valence electrons. The van der Waals surface area contributed by atoms with Crippen molar-refractivity contribution in [2.45, 2.75) is 31.1 Å². The smallest absolute Gasteiger partial charge is 0.238 e. The molecule has 1 aliphatic carbocycles. The first-order valence-corrected chi connectivity index (χ1v) is 5.88. The molecule has 3 rings (SSSR count). The minimum Gasteiger partial charge on any atom is -0.342 e. The molecule has 1 fully saturated rings. The predicted molar refractivity (Wildman–Crippen MR) is 68.3 cm³/mol. The Morgan fingerprint density at radius 3 is 2.78 bits per heavy atom. The number of halogens is 1. The van der Waals surface area contributed by atoms with Crippen molar-refractivity contribution in [3.05, 3.63) is 18.3 Å². The maximum atomic E-state index is 5.88. The Bertz CT molecular complexity index is 489. The van der Waals surface area contributed by atoms with Gasteiger partial charge in [0.1, 0.15) is 0 Å². The summed E-state index contributed by atoms with van der Waals surface area (Å²) in [6.45, 7) is 0.562. The maximum Gasteiger partial charge on any atom is 0.238 e. The highest BCUT2D eigenvalue weighted by molar-refractivity contribution is 5.85. The second-order valence-corrected chi connectivity index (χ2v) is 4.55. The molecule has 0 radical (unpaired) electrons. The van der Waals surface area contributed by atoms with Gasteiger partial charge in [-0.2, -0.15) is 4.98 Å². The van der Waals surface area contributed by atoms with E-state index in [9.17, 15) is 0 Å². The summed E-state index contributed by atoms with van der Waals surface area (Å²) in [5.41, 5.74) is 5.76. The van der Waals surface area contributed by atoms with Crippen LogP contribution in [0.4, 0.5) is 0 Å². The second kappa shape index (κ2) is 5.07. The van der Waals surface area contributed by atoms with E-state index < -0.39 is 0 Å². The van der Waals surface area contributed by atoms with E-state index in [-0.39, 0.29) is 17.8 Å². The lowest BCUT2D eigenvalue weighted by Gasteiger charge is -2.21. The number of aromatic amines is 1. The number of nitrogens with zero attached hydrogens (tertiary/aromatic N) is 3. The molecule has 2 aromatic rings. The number of hydrogen-bond donors (Lipinski definition) is 2. The van der Waals surface area contributed by atoms with Gasteiger partial charge in [0.25, 0.3) is 0 Å². The summed E-state index contributed by atoms with van der Waals surface area (Å²) in [4.78, 5) is 11.5. The lowest BCUT2D eigenvalue weighted by Crippen LogP contribution is -2.32. The van der Waals surface area contributed by atoms with Gasteiger partial charge in [-0.3, -0.25) is 0 Å². The minimum absolute atomic E-state index is 0. The molecule has 0 bridgehead atoms. The predicted octanol–water partition coefficient (Wildman–Crippen LogP) is 1.65. The molecule has 6 nitrogen and oxygen atoms in total. The fraction of sp³-hybridized carbons (Fsp3) is 0.545. The highest BCUT2D eigenvalue weighted by Gasteiger charge is 2.39. The van der Waals surface area contributed by atoms with Crippen LogP contribution >= 0.6 is 12.4 Å². The fourth-order valence-corrected chi connectivity index (χ4v) is 2.48. The molecule has 0 aliphatic heterocycles. The van der Waals surface area contributed by atoms with Gasteiger partial charge < -0.3 is 15.2 Å². The molecular formula is C11H16ClN5O. The quantitative estimate of drug-likeness (QED) is 0.884. The summed E-state index contributed by atoms with van der Waals surface area (Å²) in [6.07, 6.45) is 7.82. The van der Waals surface area contributed by atoms with Crippen molar-refractivity contribution >= 4 is 12.4 Å². The molecule has 0 saturated heterocycles. The summed E-state index contributed by atoms with van der Waals surface area (Å²) < 4.78 is 5.37. The topological polar surface area (TPSA) is 93.6 Å². The summed E-state index contributed by atoms with van der Waals surface area (Å²) in [5.74, 6) is 1.79. The molecule has 1 saturated carbocycles. The van der Waals surface area contributed by atoms with E-state index in [0.29, 0.717) is 24.1 Å². The van der Waals surface area contributed by atoms with Crippen LogP contribution in [0.15, 0.2) is 16.9 Å². The molecule has 7 heteroatoms. The summed E-state index contributed by atoms with van der Waals surface area (Å²) in [5, 5.41) is 3.96. The SMILES string of the molecule is Cl.NCC1(c2nc(-c3ncc[nH]3)no2)CCCC1. The maximum absolute atomic E-state index is 5.88. The third kappa shape index (κ3) is 2.02. The Balaban J connectivity index is 0.00000120. The number of H-pyrrole nitrogens is 1. The zero-order valence-corrected chi connectivity index (χ0v) is 10.7. The number of rotatable bonds is 3. The van der Waals surface area contributed by atoms with Gasteiger partial charge in [0.05, 0.1) is 5.41 Å².